The zero-order valence-corrected chi connectivity index (χ0v) is 17.8. The van der Waals surface area contributed by atoms with Gasteiger partial charge >= 0.3 is 0 Å². The number of nitrogens with one attached hydrogen (secondary N) is 1. The van der Waals surface area contributed by atoms with Crippen LogP contribution < -0.4 is 10.2 Å². The van der Waals surface area contributed by atoms with Crippen molar-refractivity contribution in [1.82, 2.24) is 10.2 Å². The highest BCUT2D eigenvalue weighted by atomic mass is 16.1. The number of nitrogens with zero attached hydrogens (tertiary/aromatic N) is 2. The van der Waals surface area contributed by atoms with Gasteiger partial charge in [-0.15, -0.1) is 0 Å². The molecule has 4 heteroatoms. The third-order valence-electron chi connectivity index (χ3n) is 6.54. The minimum atomic E-state index is -0.193. The predicted octanol–water partition coefficient (Wildman–Crippen LogP) is 4.13. The summed E-state index contributed by atoms with van der Waals surface area (Å²) in [5.41, 5.74) is 5.94. The fraction of sp³-hybridized carbons (Fsp3) is 0.296. The van der Waals surface area contributed by atoms with E-state index in [-0.39, 0.29) is 11.8 Å². The summed E-state index contributed by atoms with van der Waals surface area (Å²) in [7, 11) is 0. The molecule has 1 fully saturated rings. The van der Waals surface area contributed by atoms with Crippen molar-refractivity contribution in [2.45, 2.75) is 12.3 Å². The molecule has 1 aliphatic heterocycles. The Hall–Kier alpha value is -3.11. The summed E-state index contributed by atoms with van der Waals surface area (Å²) in [4.78, 5) is 18.0. The van der Waals surface area contributed by atoms with Gasteiger partial charge in [-0.25, -0.2) is 0 Å². The molecule has 0 bridgehead atoms. The summed E-state index contributed by atoms with van der Waals surface area (Å²) < 4.78 is 0. The van der Waals surface area contributed by atoms with Gasteiger partial charge in [-0.2, -0.15) is 0 Å². The van der Waals surface area contributed by atoms with Crippen molar-refractivity contribution in [3.63, 3.8) is 0 Å². The van der Waals surface area contributed by atoms with E-state index in [9.17, 15) is 4.79 Å². The minimum absolute atomic E-state index is 0.117. The summed E-state index contributed by atoms with van der Waals surface area (Å²) >= 11 is 0. The van der Waals surface area contributed by atoms with Crippen LogP contribution in [0.15, 0.2) is 78.9 Å². The molecular formula is C27H29N3O. The number of hydrogen-bond acceptors (Lipinski definition) is 3. The molecule has 3 aromatic rings. The number of anilines is 1. The maximum Gasteiger partial charge on any atom is 0.232 e. The second-order valence-corrected chi connectivity index (χ2v) is 8.42. The Balaban J connectivity index is 1.12. The lowest BCUT2D eigenvalue weighted by Gasteiger charge is -2.36. The van der Waals surface area contributed by atoms with Gasteiger partial charge < -0.3 is 10.2 Å². The quantitative estimate of drug-likeness (QED) is 0.620. The lowest BCUT2D eigenvalue weighted by Crippen LogP contribution is -2.47. The summed E-state index contributed by atoms with van der Waals surface area (Å²) in [6.45, 7) is 6.02. The average Bonchev–Trinajstić information content (AvgIpc) is 3.17. The minimum Gasteiger partial charge on any atom is -0.369 e. The zero-order valence-electron chi connectivity index (χ0n) is 17.8. The molecule has 0 atom stereocenters. The molecule has 1 aliphatic carbocycles. The molecule has 3 aromatic carbocycles. The number of carbonyl (C=O) groups excluding carboxylic acids is 1. The van der Waals surface area contributed by atoms with E-state index in [0.29, 0.717) is 0 Å². The van der Waals surface area contributed by atoms with E-state index in [1.165, 1.54) is 16.8 Å². The molecule has 2 aliphatic rings. The fourth-order valence-electron chi connectivity index (χ4n) is 4.92. The molecular weight excluding hydrogens is 382 g/mol. The van der Waals surface area contributed by atoms with E-state index in [2.05, 4.69) is 69.7 Å². The number of carbonyl (C=O) groups is 1. The Bertz CT molecular complexity index is 996. The van der Waals surface area contributed by atoms with Crippen molar-refractivity contribution in [1.29, 1.82) is 0 Å². The lowest BCUT2D eigenvalue weighted by molar-refractivity contribution is -0.121. The summed E-state index contributed by atoms with van der Waals surface area (Å²) in [6.07, 6.45) is 0.979. The Morgan fingerprint density at radius 3 is 2.00 bits per heavy atom. The summed E-state index contributed by atoms with van der Waals surface area (Å²) in [5.74, 6) is -0.0758. The number of amides is 1. The van der Waals surface area contributed by atoms with Crippen LogP contribution in [-0.4, -0.2) is 50.1 Å². The number of hydrogen-bond donors (Lipinski definition) is 1. The number of para-hydroxylation sites is 1. The molecule has 5 rings (SSSR count). The van der Waals surface area contributed by atoms with Gasteiger partial charge in [-0.1, -0.05) is 66.7 Å². The van der Waals surface area contributed by atoms with Gasteiger partial charge in [0.2, 0.25) is 5.91 Å². The van der Waals surface area contributed by atoms with Crippen molar-refractivity contribution < 1.29 is 4.79 Å². The monoisotopic (exact) mass is 411 g/mol. The van der Waals surface area contributed by atoms with Gasteiger partial charge in [0, 0.05) is 38.4 Å². The molecule has 4 nitrogen and oxygen atoms in total. The molecule has 0 saturated carbocycles. The molecule has 1 amide bonds. The van der Waals surface area contributed by atoms with Crippen LogP contribution in [0.4, 0.5) is 5.69 Å². The second-order valence-electron chi connectivity index (χ2n) is 8.42. The molecule has 1 N–H and O–H groups in total. The van der Waals surface area contributed by atoms with Gasteiger partial charge in [0.25, 0.3) is 0 Å². The molecule has 0 aromatic heterocycles. The molecule has 1 heterocycles. The van der Waals surface area contributed by atoms with E-state index in [0.717, 1.165) is 56.8 Å². The standard InChI is InChI=1S/C27H29N3O/c31-27(26-24-13-6-4-11-22(24)23-12-5-7-14-25(23)26)28-15-8-16-29-17-19-30(20-18-29)21-9-2-1-3-10-21/h1-7,9-14,26H,8,15-20H2,(H,28,31). The van der Waals surface area contributed by atoms with E-state index in [4.69, 9.17) is 0 Å². The highest BCUT2D eigenvalue weighted by Gasteiger charge is 2.33. The summed E-state index contributed by atoms with van der Waals surface area (Å²) in [6, 6.07) is 27.2. The molecule has 158 valence electrons. The third-order valence-corrected chi connectivity index (χ3v) is 6.54. The number of piperazine rings is 1. The molecule has 31 heavy (non-hydrogen) atoms. The van der Waals surface area contributed by atoms with Crippen LogP contribution in [0, 0.1) is 0 Å². The first-order chi connectivity index (χ1) is 15.3. The second kappa shape index (κ2) is 8.94. The molecule has 1 saturated heterocycles. The maximum atomic E-state index is 13.1. The van der Waals surface area contributed by atoms with Gasteiger partial charge in [-0.3, -0.25) is 9.69 Å². The molecule has 0 radical (unpaired) electrons. The Labute approximate surface area is 184 Å². The number of fused-ring (bicyclic) bond motifs is 3. The largest absolute Gasteiger partial charge is 0.369 e. The SMILES string of the molecule is O=C(NCCCN1CCN(c2ccccc2)CC1)C1c2ccccc2-c2ccccc21. The van der Waals surface area contributed by atoms with Crippen LogP contribution in [0.25, 0.3) is 11.1 Å². The van der Waals surface area contributed by atoms with E-state index in [1.807, 2.05) is 24.3 Å². The van der Waals surface area contributed by atoms with Crippen molar-refractivity contribution in [2.24, 2.45) is 0 Å². The zero-order chi connectivity index (χ0) is 21.0. The lowest BCUT2D eigenvalue weighted by atomic mass is 9.96. The average molecular weight is 412 g/mol. The smallest absolute Gasteiger partial charge is 0.232 e. The topological polar surface area (TPSA) is 35.6 Å². The van der Waals surface area contributed by atoms with Gasteiger partial charge in [0.05, 0.1) is 5.92 Å². The predicted molar refractivity (Wildman–Crippen MR) is 126 cm³/mol. The maximum absolute atomic E-state index is 13.1. The Kier molecular flexibility index (Phi) is 5.72. The van der Waals surface area contributed by atoms with Crippen molar-refractivity contribution in [3.05, 3.63) is 90.0 Å². The van der Waals surface area contributed by atoms with Crippen LogP contribution in [0.1, 0.15) is 23.5 Å². The van der Waals surface area contributed by atoms with Gasteiger partial charge in [0.1, 0.15) is 0 Å². The fourth-order valence-corrected chi connectivity index (χ4v) is 4.92. The van der Waals surface area contributed by atoms with Gasteiger partial charge in [-0.05, 0) is 47.4 Å². The van der Waals surface area contributed by atoms with Crippen LogP contribution in [0.2, 0.25) is 0 Å². The Morgan fingerprint density at radius 2 is 1.35 bits per heavy atom. The normalized spacial score (nSPS) is 16.1. The van der Waals surface area contributed by atoms with Crippen molar-refractivity contribution in [2.75, 3.05) is 44.2 Å². The Morgan fingerprint density at radius 1 is 0.774 bits per heavy atom. The van der Waals surface area contributed by atoms with Crippen LogP contribution in [0.5, 0.6) is 0 Å². The molecule has 0 spiro atoms. The van der Waals surface area contributed by atoms with Crippen molar-refractivity contribution >= 4 is 11.6 Å². The highest BCUT2D eigenvalue weighted by Crippen LogP contribution is 2.44. The van der Waals surface area contributed by atoms with Crippen LogP contribution in [-0.2, 0) is 4.79 Å². The first-order valence-corrected chi connectivity index (χ1v) is 11.3. The first kappa shape index (κ1) is 19.8. The number of rotatable bonds is 6. The van der Waals surface area contributed by atoms with Crippen LogP contribution in [0.3, 0.4) is 0 Å². The molecule has 0 unspecified atom stereocenters. The van der Waals surface area contributed by atoms with E-state index in [1.54, 1.807) is 0 Å². The summed E-state index contributed by atoms with van der Waals surface area (Å²) in [5, 5.41) is 3.20. The van der Waals surface area contributed by atoms with Crippen molar-refractivity contribution in [3.8, 4) is 11.1 Å². The van der Waals surface area contributed by atoms with E-state index < -0.39 is 0 Å². The van der Waals surface area contributed by atoms with Gasteiger partial charge in [0.15, 0.2) is 0 Å². The number of benzene rings is 3. The first-order valence-electron chi connectivity index (χ1n) is 11.3. The third kappa shape index (κ3) is 4.08. The van der Waals surface area contributed by atoms with Crippen LogP contribution >= 0.6 is 0 Å². The van der Waals surface area contributed by atoms with E-state index >= 15 is 0 Å². The highest BCUT2D eigenvalue weighted by molar-refractivity contribution is 5.96.